The van der Waals surface area contributed by atoms with Crippen LogP contribution in [0.1, 0.15) is 38.5 Å². The van der Waals surface area contributed by atoms with Crippen LogP contribution < -0.4 is 4.74 Å². The number of pyridine rings is 1. The number of benzene rings is 2. The van der Waals surface area contributed by atoms with Gasteiger partial charge in [-0.05, 0) is 42.8 Å². The Hall–Kier alpha value is -3.27. The maximum Gasteiger partial charge on any atom is 0.168 e. The molecule has 0 aliphatic carbocycles. The van der Waals surface area contributed by atoms with E-state index < -0.39 is 0 Å². The Bertz CT molecular complexity index is 918. The van der Waals surface area contributed by atoms with Crippen molar-refractivity contribution in [3.63, 3.8) is 0 Å². The fraction of sp³-hybridized carbons (Fsp3) is 0.174. The third-order valence-electron chi connectivity index (χ3n) is 4.32. The number of hydrogen-bond acceptors (Lipinski definition) is 4. The summed E-state index contributed by atoms with van der Waals surface area (Å²) in [5, 5.41) is 0. The van der Waals surface area contributed by atoms with E-state index in [0.717, 1.165) is 17.1 Å². The normalized spacial score (nSPS) is 10.4. The molecule has 0 unspecified atom stereocenters. The molecule has 0 saturated heterocycles. The van der Waals surface area contributed by atoms with Crippen LogP contribution in [0, 0.1) is 0 Å². The van der Waals surface area contributed by atoms with Gasteiger partial charge in [0.25, 0.3) is 0 Å². The van der Waals surface area contributed by atoms with E-state index >= 15 is 0 Å². The Balaban J connectivity index is 1.60. The summed E-state index contributed by atoms with van der Waals surface area (Å²) >= 11 is 0. The van der Waals surface area contributed by atoms with Crippen molar-refractivity contribution in [3.8, 4) is 5.75 Å². The lowest BCUT2D eigenvalue weighted by Gasteiger charge is -2.05. The van der Waals surface area contributed by atoms with Crippen LogP contribution in [0.4, 0.5) is 0 Å². The first kappa shape index (κ1) is 18.5. The molecule has 4 nitrogen and oxygen atoms in total. The monoisotopic (exact) mass is 359 g/mol. The lowest BCUT2D eigenvalue weighted by Crippen LogP contribution is -2.07. The van der Waals surface area contributed by atoms with Crippen LogP contribution in [0.5, 0.6) is 5.75 Å². The minimum atomic E-state index is 0.0366. The largest absolute Gasteiger partial charge is 0.497 e. The van der Waals surface area contributed by atoms with E-state index in [0.29, 0.717) is 24.0 Å². The molecule has 0 bridgehead atoms. The topological polar surface area (TPSA) is 56.3 Å². The molecule has 3 rings (SSSR count). The third kappa shape index (κ3) is 5.11. The van der Waals surface area contributed by atoms with Gasteiger partial charge in [0.15, 0.2) is 11.6 Å². The summed E-state index contributed by atoms with van der Waals surface area (Å²) in [5.74, 6) is 0.823. The van der Waals surface area contributed by atoms with E-state index in [1.165, 1.54) is 0 Å². The standard InChI is InChI=1S/C23H21NO3/c1-27-21-13-10-18(11-14-21)22(25)15-12-19-8-5-9-20(24-19)16-23(26)17-6-3-2-4-7-17/h2-11,13-14H,12,15-16H2,1H3. The highest BCUT2D eigenvalue weighted by Gasteiger charge is 2.10. The molecular weight excluding hydrogens is 338 g/mol. The first-order chi connectivity index (χ1) is 13.2. The van der Waals surface area contributed by atoms with Gasteiger partial charge in [0.2, 0.25) is 0 Å². The highest BCUT2D eigenvalue weighted by molar-refractivity contribution is 5.97. The van der Waals surface area contributed by atoms with Crippen molar-refractivity contribution in [2.24, 2.45) is 0 Å². The lowest BCUT2D eigenvalue weighted by atomic mass is 10.0. The summed E-state index contributed by atoms with van der Waals surface area (Å²) in [6, 6.07) is 21.9. The molecule has 0 aliphatic heterocycles. The average Bonchev–Trinajstić information content (AvgIpc) is 2.73. The number of rotatable bonds is 8. The molecule has 0 aliphatic rings. The second kappa shape index (κ2) is 8.90. The smallest absolute Gasteiger partial charge is 0.168 e. The average molecular weight is 359 g/mol. The predicted octanol–water partition coefficient (Wildman–Crippen LogP) is 4.33. The molecule has 0 radical (unpaired) electrons. The third-order valence-corrected chi connectivity index (χ3v) is 4.32. The van der Waals surface area contributed by atoms with Gasteiger partial charge in [-0.2, -0.15) is 0 Å². The van der Waals surface area contributed by atoms with Crippen LogP contribution in [0.2, 0.25) is 0 Å². The maximum absolute atomic E-state index is 12.3. The Labute approximate surface area is 158 Å². The lowest BCUT2D eigenvalue weighted by molar-refractivity contribution is 0.0976. The van der Waals surface area contributed by atoms with Gasteiger partial charge in [-0.1, -0.05) is 36.4 Å². The highest BCUT2D eigenvalue weighted by Crippen LogP contribution is 2.14. The molecule has 0 spiro atoms. The SMILES string of the molecule is COc1ccc(C(=O)CCc2cccc(CC(=O)c3ccccc3)n2)cc1. The van der Waals surface area contributed by atoms with Crippen molar-refractivity contribution in [1.82, 2.24) is 4.98 Å². The zero-order valence-corrected chi connectivity index (χ0v) is 15.2. The number of ether oxygens (including phenoxy) is 1. The minimum absolute atomic E-state index is 0.0366. The highest BCUT2D eigenvalue weighted by atomic mass is 16.5. The first-order valence-corrected chi connectivity index (χ1v) is 8.86. The fourth-order valence-electron chi connectivity index (χ4n) is 2.82. The van der Waals surface area contributed by atoms with Crippen molar-refractivity contribution in [2.45, 2.75) is 19.3 Å². The Morgan fingerprint density at radius 3 is 2.15 bits per heavy atom. The summed E-state index contributed by atoms with van der Waals surface area (Å²) in [6.07, 6.45) is 1.16. The van der Waals surface area contributed by atoms with Crippen molar-refractivity contribution < 1.29 is 14.3 Å². The Kier molecular flexibility index (Phi) is 6.10. The summed E-state index contributed by atoms with van der Waals surface area (Å²) in [5.41, 5.74) is 2.87. The summed E-state index contributed by atoms with van der Waals surface area (Å²) in [7, 11) is 1.60. The first-order valence-electron chi connectivity index (χ1n) is 8.86. The molecule has 1 heterocycles. The van der Waals surface area contributed by atoms with Gasteiger partial charge < -0.3 is 4.74 Å². The van der Waals surface area contributed by atoms with Crippen LogP contribution in [0.15, 0.2) is 72.8 Å². The van der Waals surface area contributed by atoms with E-state index in [-0.39, 0.29) is 18.0 Å². The summed E-state index contributed by atoms with van der Waals surface area (Å²) in [6.45, 7) is 0. The van der Waals surface area contributed by atoms with Gasteiger partial charge in [-0.25, -0.2) is 0 Å². The Morgan fingerprint density at radius 2 is 1.44 bits per heavy atom. The number of aryl methyl sites for hydroxylation is 1. The van der Waals surface area contributed by atoms with Crippen LogP contribution >= 0.6 is 0 Å². The number of methoxy groups -OCH3 is 1. The quantitative estimate of drug-likeness (QED) is 0.562. The molecule has 4 heteroatoms. The van der Waals surface area contributed by atoms with Crippen LogP contribution in [0.25, 0.3) is 0 Å². The molecule has 0 atom stereocenters. The van der Waals surface area contributed by atoms with Crippen LogP contribution in [-0.2, 0) is 12.8 Å². The molecular formula is C23H21NO3. The van der Waals surface area contributed by atoms with E-state index in [1.54, 1.807) is 43.5 Å². The molecule has 27 heavy (non-hydrogen) atoms. The minimum Gasteiger partial charge on any atom is -0.497 e. The molecule has 136 valence electrons. The fourth-order valence-corrected chi connectivity index (χ4v) is 2.82. The van der Waals surface area contributed by atoms with Crippen molar-refractivity contribution in [3.05, 3.63) is 95.3 Å². The second-order valence-corrected chi connectivity index (χ2v) is 6.24. The number of hydrogen-bond donors (Lipinski definition) is 0. The van der Waals surface area contributed by atoms with Crippen molar-refractivity contribution in [2.75, 3.05) is 7.11 Å². The number of carbonyl (C=O) groups is 2. The number of carbonyl (C=O) groups excluding carboxylic acids is 2. The zero-order valence-electron chi connectivity index (χ0n) is 15.2. The number of nitrogens with zero attached hydrogens (tertiary/aromatic N) is 1. The van der Waals surface area contributed by atoms with Crippen LogP contribution in [-0.4, -0.2) is 23.7 Å². The van der Waals surface area contributed by atoms with Gasteiger partial charge in [0.1, 0.15) is 5.75 Å². The maximum atomic E-state index is 12.3. The number of aromatic nitrogens is 1. The van der Waals surface area contributed by atoms with Gasteiger partial charge in [0, 0.05) is 28.9 Å². The van der Waals surface area contributed by atoms with E-state index in [1.807, 2.05) is 36.4 Å². The molecule has 0 amide bonds. The van der Waals surface area contributed by atoms with Gasteiger partial charge >= 0.3 is 0 Å². The van der Waals surface area contributed by atoms with E-state index in [2.05, 4.69) is 4.98 Å². The molecule has 0 saturated carbocycles. The van der Waals surface area contributed by atoms with Gasteiger partial charge in [0.05, 0.1) is 13.5 Å². The zero-order chi connectivity index (χ0) is 19.1. The summed E-state index contributed by atoms with van der Waals surface area (Å²) < 4.78 is 5.11. The Morgan fingerprint density at radius 1 is 0.778 bits per heavy atom. The molecule has 2 aromatic carbocycles. The molecule has 0 fully saturated rings. The molecule has 1 aromatic heterocycles. The van der Waals surface area contributed by atoms with Crippen molar-refractivity contribution >= 4 is 11.6 Å². The van der Waals surface area contributed by atoms with E-state index in [4.69, 9.17) is 4.74 Å². The molecule has 0 N–H and O–H groups in total. The van der Waals surface area contributed by atoms with E-state index in [9.17, 15) is 9.59 Å². The summed E-state index contributed by atoms with van der Waals surface area (Å²) in [4.78, 5) is 29.2. The van der Waals surface area contributed by atoms with Gasteiger partial charge in [-0.3, -0.25) is 14.6 Å². The number of ketones is 2. The van der Waals surface area contributed by atoms with Gasteiger partial charge in [-0.15, -0.1) is 0 Å². The van der Waals surface area contributed by atoms with Crippen molar-refractivity contribution in [1.29, 1.82) is 0 Å². The molecule has 3 aromatic rings. The van der Waals surface area contributed by atoms with Crippen LogP contribution in [0.3, 0.4) is 0 Å². The predicted molar refractivity (Wildman–Crippen MR) is 104 cm³/mol. The second-order valence-electron chi connectivity index (χ2n) is 6.24. The number of Topliss-reactive ketones (excluding diaryl/α,β-unsaturated/α-hetero) is 2.